The first-order valence-corrected chi connectivity index (χ1v) is 38.1. The van der Waals surface area contributed by atoms with Crippen LogP contribution in [0, 0.1) is 0 Å². The second-order valence-corrected chi connectivity index (χ2v) is 26.0. The van der Waals surface area contributed by atoms with Crippen molar-refractivity contribution in [2.75, 3.05) is 98.4 Å². The molecule has 0 saturated heterocycles. The average molecular weight is 1230 g/mol. The van der Waals surface area contributed by atoms with Gasteiger partial charge in [0.15, 0.2) is 0 Å². The van der Waals surface area contributed by atoms with Crippen LogP contribution in [-0.4, -0.2) is 78.8 Å². The minimum absolute atomic E-state index is 0.286. The number of anilines is 4. The van der Waals surface area contributed by atoms with E-state index in [1.54, 1.807) is 0 Å². The fourth-order valence-electron chi connectivity index (χ4n) is 13.6. The summed E-state index contributed by atoms with van der Waals surface area (Å²) in [5, 5.41) is 0. The minimum atomic E-state index is 0.286. The first-order chi connectivity index (χ1) is 43.8. The van der Waals surface area contributed by atoms with Gasteiger partial charge in [0.1, 0.15) is 11.5 Å². The van der Waals surface area contributed by atoms with E-state index in [1.165, 1.54) is 238 Å². The Morgan fingerprint density at radius 3 is 0.865 bits per heavy atom. The largest absolute Gasteiger partial charge is 0.493 e. The van der Waals surface area contributed by atoms with Gasteiger partial charge in [0.05, 0.1) is 13.2 Å². The second kappa shape index (κ2) is 50.2. The van der Waals surface area contributed by atoms with E-state index in [2.05, 4.69) is 174 Å². The molecular weight excluding hydrogens is 1090 g/mol. The summed E-state index contributed by atoms with van der Waals surface area (Å²) in [5.74, 6) is 2.67. The van der Waals surface area contributed by atoms with Crippen molar-refractivity contribution in [3.8, 4) is 11.5 Å². The number of ether oxygens (including phenoxy) is 3. The SMILES string of the molecule is CCCCCCCCN(CCCCCCCC)c1ccc(C(CCCCCCOCCCCCCC(c2ccc(N(CCCCCCCC)CCCCCCCC)cc2)c2ccc(N(CC)CC)cc2OCC)c2ccc(N(CC)CC)cc2OCC)cc1. The van der Waals surface area contributed by atoms with E-state index in [-0.39, 0.29) is 11.8 Å². The smallest absolute Gasteiger partial charge is 0.125 e. The number of unbranched alkanes of at least 4 members (excludes halogenated alkanes) is 26. The third-order valence-electron chi connectivity index (χ3n) is 19.1. The van der Waals surface area contributed by atoms with Crippen LogP contribution in [0.1, 0.15) is 322 Å². The monoisotopic (exact) mass is 1230 g/mol. The second-order valence-electron chi connectivity index (χ2n) is 26.0. The molecule has 2 atom stereocenters. The maximum Gasteiger partial charge on any atom is 0.125 e. The molecule has 0 N–H and O–H groups in total. The minimum Gasteiger partial charge on any atom is -0.493 e. The summed E-state index contributed by atoms with van der Waals surface area (Å²) in [6.45, 7) is 34.2. The van der Waals surface area contributed by atoms with E-state index >= 15 is 0 Å². The van der Waals surface area contributed by atoms with E-state index in [4.69, 9.17) is 14.2 Å². The Labute approximate surface area is 550 Å². The van der Waals surface area contributed by atoms with Crippen LogP contribution in [0.5, 0.6) is 11.5 Å². The van der Waals surface area contributed by atoms with Crippen molar-refractivity contribution < 1.29 is 14.2 Å². The average Bonchev–Trinajstić information content (AvgIpc) is 1.67. The van der Waals surface area contributed by atoms with Crippen molar-refractivity contribution in [3.05, 3.63) is 107 Å². The van der Waals surface area contributed by atoms with Crippen molar-refractivity contribution in [3.63, 3.8) is 0 Å². The zero-order valence-electron chi connectivity index (χ0n) is 59.8. The summed E-state index contributed by atoms with van der Waals surface area (Å²) in [7, 11) is 0. The van der Waals surface area contributed by atoms with Crippen LogP contribution < -0.4 is 29.1 Å². The van der Waals surface area contributed by atoms with Crippen LogP contribution in [0.3, 0.4) is 0 Å². The molecule has 0 amide bonds. The lowest BCUT2D eigenvalue weighted by Gasteiger charge is -2.27. The molecular formula is C82H138N4O3. The molecule has 4 aromatic rings. The van der Waals surface area contributed by atoms with Gasteiger partial charge in [-0.2, -0.15) is 0 Å². The molecule has 0 aliphatic heterocycles. The van der Waals surface area contributed by atoms with Crippen LogP contribution in [0.15, 0.2) is 84.9 Å². The normalized spacial score (nSPS) is 12.2. The summed E-state index contributed by atoms with van der Waals surface area (Å²) in [4.78, 5) is 10.3. The predicted molar refractivity (Wildman–Crippen MR) is 394 cm³/mol. The molecule has 504 valence electrons. The zero-order chi connectivity index (χ0) is 63.8. The number of benzene rings is 4. The molecule has 0 spiro atoms. The summed E-state index contributed by atoms with van der Waals surface area (Å²) in [6, 6.07) is 33.7. The molecule has 0 heterocycles. The highest BCUT2D eigenvalue weighted by Crippen LogP contribution is 2.41. The van der Waals surface area contributed by atoms with Crippen molar-refractivity contribution in [2.45, 2.75) is 299 Å². The van der Waals surface area contributed by atoms with Gasteiger partial charge in [0.25, 0.3) is 0 Å². The van der Waals surface area contributed by atoms with Gasteiger partial charge >= 0.3 is 0 Å². The van der Waals surface area contributed by atoms with Crippen molar-refractivity contribution in [1.82, 2.24) is 0 Å². The summed E-state index contributed by atoms with van der Waals surface area (Å²) in [6.07, 6.45) is 43.8. The Balaban J connectivity index is 1.36. The lowest BCUT2D eigenvalue weighted by atomic mass is 9.85. The quantitative estimate of drug-likeness (QED) is 0.0408. The van der Waals surface area contributed by atoms with Crippen LogP contribution >= 0.6 is 0 Å². The molecule has 0 aliphatic rings. The van der Waals surface area contributed by atoms with E-state index in [0.29, 0.717) is 13.2 Å². The van der Waals surface area contributed by atoms with Gasteiger partial charge in [-0.05, 0) is 140 Å². The molecule has 4 aromatic carbocycles. The highest BCUT2D eigenvalue weighted by molar-refractivity contribution is 5.59. The van der Waals surface area contributed by atoms with Gasteiger partial charge in [-0.15, -0.1) is 0 Å². The van der Waals surface area contributed by atoms with Crippen LogP contribution in [0.4, 0.5) is 22.7 Å². The maximum atomic E-state index is 6.52. The standard InChI is InChI=1S/C82H138N4O3/c1-11-21-25-29-35-43-63-85(64-44-36-30-26-22-12-2)73-55-51-71(52-56-73)77(79-61-59-75(83(15-5)16-6)69-81(79)88-19-9)49-41-33-39-47-67-87-68-48-40-34-42-50-78(80-62-60-76(84(17-7)18-8)70-82(80)89-20-10)72-53-57-74(58-54-72)86(65-45-37-31-27-23-13-3)66-46-38-32-28-24-14-4/h51-62,69-70,77-78H,11-50,63-68H2,1-10H3. The van der Waals surface area contributed by atoms with Crippen LogP contribution in [0.25, 0.3) is 0 Å². The Kier molecular flexibility index (Phi) is 43.5. The number of hydrogen-bond donors (Lipinski definition) is 0. The molecule has 0 fully saturated rings. The topological polar surface area (TPSA) is 40.7 Å². The molecule has 7 heteroatoms. The van der Waals surface area contributed by atoms with E-state index in [1.807, 2.05) is 0 Å². The summed E-state index contributed by atoms with van der Waals surface area (Å²) >= 11 is 0. The Morgan fingerprint density at radius 2 is 0.562 bits per heavy atom. The van der Waals surface area contributed by atoms with Gasteiger partial charge in [0.2, 0.25) is 0 Å². The highest BCUT2D eigenvalue weighted by atomic mass is 16.5. The Morgan fingerprint density at radius 1 is 0.281 bits per heavy atom. The highest BCUT2D eigenvalue weighted by Gasteiger charge is 2.23. The van der Waals surface area contributed by atoms with Crippen LogP contribution in [0.2, 0.25) is 0 Å². The van der Waals surface area contributed by atoms with Gasteiger partial charge in [-0.1, -0.05) is 231 Å². The number of rotatable bonds is 58. The number of nitrogens with zero attached hydrogens (tertiary/aromatic N) is 4. The lowest BCUT2D eigenvalue weighted by molar-refractivity contribution is 0.125. The lowest BCUT2D eigenvalue weighted by Crippen LogP contribution is -2.25. The Hall–Kier alpha value is -4.36. The van der Waals surface area contributed by atoms with Gasteiger partial charge in [0, 0.05) is 123 Å². The van der Waals surface area contributed by atoms with Gasteiger partial charge in [-0.25, -0.2) is 0 Å². The van der Waals surface area contributed by atoms with Gasteiger partial charge in [-0.3, -0.25) is 0 Å². The molecule has 4 rings (SSSR count). The molecule has 7 nitrogen and oxygen atoms in total. The Bertz CT molecular complexity index is 2080. The number of hydrogen-bond acceptors (Lipinski definition) is 7. The van der Waals surface area contributed by atoms with Gasteiger partial charge < -0.3 is 33.8 Å². The molecule has 0 saturated carbocycles. The molecule has 0 aromatic heterocycles. The van der Waals surface area contributed by atoms with Crippen molar-refractivity contribution in [2.24, 2.45) is 0 Å². The van der Waals surface area contributed by atoms with Crippen molar-refractivity contribution >= 4 is 22.7 Å². The molecule has 2 unspecified atom stereocenters. The zero-order valence-corrected chi connectivity index (χ0v) is 59.8. The molecule has 0 radical (unpaired) electrons. The predicted octanol–water partition coefficient (Wildman–Crippen LogP) is 24.1. The molecule has 0 bridgehead atoms. The molecule has 89 heavy (non-hydrogen) atoms. The fraction of sp³-hybridized carbons (Fsp3) is 0.707. The fourth-order valence-corrected chi connectivity index (χ4v) is 13.6. The first-order valence-electron chi connectivity index (χ1n) is 38.1. The van der Waals surface area contributed by atoms with Crippen LogP contribution in [-0.2, 0) is 4.74 Å². The van der Waals surface area contributed by atoms with E-state index < -0.39 is 0 Å². The third kappa shape index (κ3) is 30.3. The van der Waals surface area contributed by atoms with E-state index in [0.717, 1.165) is 103 Å². The summed E-state index contributed by atoms with van der Waals surface area (Å²) in [5.41, 5.74) is 10.8. The first kappa shape index (κ1) is 77.1. The summed E-state index contributed by atoms with van der Waals surface area (Å²) < 4.78 is 19.4. The van der Waals surface area contributed by atoms with Crippen molar-refractivity contribution in [1.29, 1.82) is 0 Å². The van der Waals surface area contributed by atoms with E-state index in [9.17, 15) is 0 Å². The molecule has 0 aliphatic carbocycles. The maximum absolute atomic E-state index is 6.52. The third-order valence-corrected chi connectivity index (χ3v) is 19.1.